The highest BCUT2D eigenvalue weighted by Gasteiger charge is 2.50. The highest BCUT2D eigenvalue weighted by Crippen LogP contribution is 2.54. The third-order valence-corrected chi connectivity index (χ3v) is 6.26. The number of carbonyl (C=O) groups excluding carboxylic acids is 2. The van der Waals surface area contributed by atoms with Crippen molar-refractivity contribution in [3.05, 3.63) is 35.4 Å². The van der Waals surface area contributed by atoms with Gasteiger partial charge < -0.3 is 28.4 Å². The summed E-state index contributed by atoms with van der Waals surface area (Å²) in [7, 11) is 3.09. The first kappa shape index (κ1) is 23.7. The molecule has 0 radical (unpaired) electrons. The summed E-state index contributed by atoms with van der Waals surface area (Å²) < 4.78 is 34.0. The quantitative estimate of drug-likeness (QED) is 0.496. The van der Waals surface area contributed by atoms with Gasteiger partial charge in [0.25, 0.3) is 0 Å². The molecule has 1 saturated heterocycles. The number of esters is 1. The lowest BCUT2D eigenvalue weighted by Crippen LogP contribution is -2.31. The second kappa shape index (κ2) is 9.44. The Bertz CT molecular complexity index is 937. The van der Waals surface area contributed by atoms with Crippen LogP contribution in [0.5, 0.6) is 11.5 Å². The summed E-state index contributed by atoms with van der Waals surface area (Å²) in [6, 6.07) is 3.55. The third kappa shape index (κ3) is 5.23. The Labute approximate surface area is 194 Å². The molecule has 2 fully saturated rings. The maximum absolute atomic E-state index is 13.2. The maximum Gasteiger partial charge on any atom is 0.342 e. The van der Waals surface area contributed by atoms with Gasteiger partial charge in [0.1, 0.15) is 29.3 Å². The van der Waals surface area contributed by atoms with Crippen LogP contribution >= 0.6 is 0 Å². The average molecular weight is 461 g/mol. The van der Waals surface area contributed by atoms with Gasteiger partial charge in [-0.1, -0.05) is 6.08 Å². The summed E-state index contributed by atoms with van der Waals surface area (Å²) in [5.41, 5.74) is 1.21. The lowest BCUT2D eigenvalue weighted by atomic mass is 9.96. The monoisotopic (exact) mass is 460 g/mol. The maximum atomic E-state index is 13.2. The fourth-order valence-electron chi connectivity index (χ4n) is 4.67. The van der Waals surface area contributed by atoms with Gasteiger partial charge in [-0.25, -0.2) is 4.79 Å². The van der Waals surface area contributed by atoms with E-state index in [1.807, 2.05) is 19.9 Å². The van der Waals surface area contributed by atoms with Crippen LogP contribution in [0.2, 0.25) is 0 Å². The van der Waals surface area contributed by atoms with E-state index in [0.717, 1.165) is 12.0 Å². The number of hydrogen-bond acceptors (Lipinski definition) is 8. The van der Waals surface area contributed by atoms with Gasteiger partial charge >= 0.3 is 5.97 Å². The zero-order chi connectivity index (χ0) is 23.8. The van der Waals surface area contributed by atoms with Crippen molar-refractivity contribution in [1.82, 2.24) is 0 Å². The molecule has 8 nitrogen and oxygen atoms in total. The number of carbonyl (C=O) groups is 2. The largest absolute Gasteiger partial charge is 0.497 e. The van der Waals surface area contributed by atoms with Gasteiger partial charge in [0, 0.05) is 19.6 Å². The number of benzene rings is 1. The molecule has 0 N–H and O–H groups in total. The van der Waals surface area contributed by atoms with Crippen LogP contribution in [0.25, 0.3) is 0 Å². The Morgan fingerprint density at radius 2 is 1.91 bits per heavy atom. The summed E-state index contributed by atoms with van der Waals surface area (Å²) in [5, 5.41) is 0. The van der Waals surface area contributed by atoms with Crippen molar-refractivity contribution in [3.63, 3.8) is 0 Å². The van der Waals surface area contributed by atoms with E-state index < -0.39 is 24.0 Å². The van der Waals surface area contributed by atoms with Crippen LogP contribution in [-0.2, 0) is 23.7 Å². The van der Waals surface area contributed by atoms with Crippen LogP contribution in [0.3, 0.4) is 0 Å². The molecule has 4 rings (SSSR count). The number of ketones is 1. The van der Waals surface area contributed by atoms with Crippen LogP contribution in [0.1, 0.15) is 61.9 Å². The van der Waals surface area contributed by atoms with E-state index in [4.69, 9.17) is 28.4 Å². The fourth-order valence-corrected chi connectivity index (χ4v) is 4.67. The molecular weight excluding hydrogens is 428 g/mol. The third-order valence-electron chi connectivity index (χ3n) is 6.26. The Balaban J connectivity index is 1.72. The molecule has 1 aliphatic carbocycles. The van der Waals surface area contributed by atoms with E-state index in [9.17, 15) is 9.59 Å². The lowest BCUT2D eigenvalue weighted by Gasteiger charge is -2.20. The van der Waals surface area contributed by atoms with E-state index in [2.05, 4.69) is 0 Å². The first-order valence-corrected chi connectivity index (χ1v) is 11.3. The van der Waals surface area contributed by atoms with Crippen LogP contribution in [0, 0.1) is 5.92 Å². The highest BCUT2D eigenvalue weighted by molar-refractivity contribution is 5.95. The SMILES string of the molecule is COCOc1cc(OC)cc2c1C(=O)O[C@@H](C)C/C=C/C(=O)[C@H]1OC(C)(C)O[C@H]1CC1CC21. The molecule has 0 bridgehead atoms. The van der Waals surface area contributed by atoms with Crippen molar-refractivity contribution in [3.8, 4) is 11.5 Å². The van der Waals surface area contributed by atoms with Crippen LogP contribution in [-0.4, -0.2) is 56.9 Å². The number of ether oxygens (including phenoxy) is 6. The Kier molecular flexibility index (Phi) is 6.79. The van der Waals surface area contributed by atoms with E-state index in [1.54, 1.807) is 26.2 Å². The normalized spacial score (nSPS) is 32.0. The lowest BCUT2D eigenvalue weighted by molar-refractivity contribution is -0.153. The molecule has 1 saturated carbocycles. The molecule has 3 aliphatic rings. The van der Waals surface area contributed by atoms with Gasteiger partial charge in [0.2, 0.25) is 0 Å². The summed E-state index contributed by atoms with van der Waals surface area (Å²) in [6.45, 7) is 5.43. The zero-order valence-corrected chi connectivity index (χ0v) is 19.8. The van der Waals surface area contributed by atoms with E-state index >= 15 is 0 Å². The van der Waals surface area contributed by atoms with Crippen LogP contribution in [0.4, 0.5) is 0 Å². The minimum Gasteiger partial charge on any atom is -0.497 e. The van der Waals surface area contributed by atoms with Gasteiger partial charge in [-0.3, -0.25) is 4.79 Å². The Hall–Kier alpha value is -2.42. The number of methoxy groups -OCH3 is 2. The van der Waals surface area contributed by atoms with Crippen molar-refractivity contribution < 1.29 is 38.0 Å². The molecule has 2 unspecified atom stereocenters. The molecule has 2 heterocycles. The van der Waals surface area contributed by atoms with Gasteiger partial charge in [0.05, 0.1) is 13.2 Å². The zero-order valence-electron chi connectivity index (χ0n) is 19.8. The average Bonchev–Trinajstić information content (AvgIpc) is 3.45. The standard InChI is InChI=1S/C25H32O8/c1-14-7-6-8-19(26)23-21(32-25(2,3)33-23)10-15-9-17(15)18-11-16(29-5)12-20(30-13-28-4)22(18)24(27)31-14/h6,8,11-12,14-15,17,21,23H,7,9-10,13H2,1-5H3/b8-6+/t14-,15?,17?,21-,23+/m0/s1. The van der Waals surface area contributed by atoms with E-state index in [-0.39, 0.29) is 30.5 Å². The van der Waals surface area contributed by atoms with Gasteiger partial charge in [0.15, 0.2) is 18.4 Å². The van der Waals surface area contributed by atoms with Crippen LogP contribution in [0.15, 0.2) is 24.3 Å². The predicted molar refractivity (Wildman–Crippen MR) is 118 cm³/mol. The minimum atomic E-state index is -0.828. The summed E-state index contributed by atoms with van der Waals surface area (Å²) in [5.74, 6) is -0.156. The number of fused-ring (bicyclic) bond motifs is 4. The molecule has 1 aromatic carbocycles. The fraction of sp³-hybridized carbons (Fsp3) is 0.600. The number of rotatable bonds is 4. The molecule has 0 spiro atoms. The molecule has 0 aromatic heterocycles. The summed E-state index contributed by atoms with van der Waals surface area (Å²) in [6.07, 6.45) is 3.69. The number of hydrogen-bond donors (Lipinski definition) is 0. The van der Waals surface area contributed by atoms with Crippen molar-refractivity contribution >= 4 is 11.8 Å². The molecule has 33 heavy (non-hydrogen) atoms. The topological polar surface area (TPSA) is 89.5 Å². The molecule has 1 aromatic rings. The number of cyclic esters (lactones) is 1. The minimum absolute atomic E-state index is 0.00853. The van der Waals surface area contributed by atoms with Crippen LogP contribution < -0.4 is 9.47 Å². The predicted octanol–water partition coefficient (Wildman–Crippen LogP) is 3.77. The molecule has 0 amide bonds. The molecule has 5 atom stereocenters. The summed E-state index contributed by atoms with van der Waals surface area (Å²) in [4.78, 5) is 26.1. The first-order valence-electron chi connectivity index (χ1n) is 11.3. The van der Waals surface area contributed by atoms with E-state index in [0.29, 0.717) is 29.9 Å². The van der Waals surface area contributed by atoms with E-state index in [1.165, 1.54) is 13.2 Å². The van der Waals surface area contributed by atoms with Crippen molar-refractivity contribution in [2.45, 2.75) is 70.1 Å². The van der Waals surface area contributed by atoms with Crippen molar-refractivity contribution in [1.29, 1.82) is 0 Å². The van der Waals surface area contributed by atoms with Gasteiger partial charge in [-0.05, 0) is 63.2 Å². The smallest absolute Gasteiger partial charge is 0.342 e. The molecule has 2 aliphatic heterocycles. The second-order valence-corrected chi connectivity index (χ2v) is 9.33. The summed E-state index contributed by atoms with van der Waals surface area (Å²) >= 11 is 0. The van der Waals surface area contributed by atoms with Gasteiger partial charge in [-0.15, -0.1) is 0 Å². The Morgan fingerprint density at radius 3 is 2.64 bits per heavy atom. The second-order valence-electron chi connectivity index (χ2n) is 9.33. The van der Waals surface area contributed by atoms with Crippen molar-refractivity contribution in [2.24, 2.45) is 5.92 Å². The molecular formula is C25H32O8. The van der Waals surface area contributed by atoms with Crippen molar-refractivity contribution in [2.75, 3.05) is 21.0 Å². The molecule has 8 heteroatoms. The Morgan fingerprint density at radius 1 is 1.12 bits per heavy atom. The highest BCUT2D eigenvalue weighted by atomic mass is 16.8. The first-order chi connectivity index (χ1) is 15.7. The van der Waals surface area contributed by atoms with Gasteiger partial charge in [-0.2, -0.15) is 0 Å². The molecule has 180 valence electrons.